The molecular weight excluding hydrogens is 486 g/mol. The average molecular weight is 524 g/mol. The predicted molar refractivity (Wildman–Crippen MR) is 142 cm³/mol. The van der Waals surface area contributed by atoms with Gasteiger partial charge in [-0.25, -0.2) is 4.79 Å². The van der Waals surface area contributed by atoms with E-state index in [1.165, 1.54) is 11.8 Å². The smallest absolute Gasteiger partial charge is 0.326 e. The van der Waals surface area contributed by atoms with Crippen LogP contribution in [0.25, 0.3) is 0 Å². The number of amides is 3. The fourth-order valence-corrected chi connectivity index (χ4v) is 4.61. The van der Waals surface area contributed by atoms with Gasteiger partial charge in [-0.2, -0.15) is 0 Å². The Kier molecular flexibility index (Phi) is 10.3. The number of ether oxygens (including phenoxy) is 1. The number of nitrogens with zero attached hydrogens (tertiary/aromatic N) is 1. The Labute approximate surface area is 223 Å². The van der Waals surface area contributed by atoms with Crippen molar-refractivity contribution in [1.29, 1.82) is 0 Å². The van der Waals surface area contributed by atoms with Gasteiger partial charge in [0.25, 0.3) is 0 Å². The molecule has 204 valence electrons. The van der Waals surface area contributed by atoms with Crippen LogP contribution in [0.3, 0.4) is 0 Å². The number of carboxylic acid groups (broad SMARTS) is 1. The summed E-state index contributed by atoms with van der Waals surface area (Å²) in [6, 6.07) is 14.4. The first kappa shape index (κ1) is 28.7. The number of likely N-dealkylation sites (tertiary alicyclic amines) is 1. The summed E-state index contributed by atoms with van der Waals surface area (Å²) in [5, 5.41) is 15.0. The summed E-state index contributed by atoms with van der Waals surface area (Å²) in [5.41, 5.74) is 1.86. The lowest BCUT2D eigenvalue weighted by Crippen LogP contribution is -2.56. The monoisotopic (exact) mass is 523 g/mol. The molecule has 2 aromatic carbocycles. The minimum absolute atomic E-state index is 0.0813. The van der Waals surface area contributed by atoms with Crippen LogP contribution in [0.2, 0.25) is 0 Å². The molecule has 0 aliphatic carbocycles. The van der Waals surface area contributed by atoms with E-state index in [9.17, 15) is 24.3 Å². The van der Waals surface area contributed by atoms with Gasteiger partial charge >= 0.3 is 5.97 Å². The van der Waals surface area contributed by atoms with Crippen molar-refractivity contribution in [3.63, 3.8) is 0 Å². The fourth-order valence-electron chi connectivity index (χ4n) is 4.61. The number of carboxylic acids is 1. The highest BCUT2D eigenvalue weighted by atomic mass is 16.5. The number of rotatable bonds is 12. The molecule has 9 nitrogen and oxygen atoms in total. The Hall–Kier alpha value is -3.88. The van der Waals surface area contributed by atoms with Crippen LogP contribution in [-0.4, -0.2) is 58.4 Å². The van der Waals surface area contributed by atoms with E-state index < -0.39 is 35.9 Å². The Bertz CT molecular complexity index is 1100. The Balaban J connectivity index is 1.68. The van der Waals surface area contributed by atoms with Crippen molar-refractivity contribution >= 4 is 23.7 Å². The SMILES string of the molecule is CC(=O)N[C@@H](Cc1ccc(OCc2ccccc2)cc1)C(=O)N[C@@H](CC(C)C)C(=O)N1CCC[C@H]1C(=O)O. The third kappa shape index (κ3) is 8.33. The minimum atomic E-state index is -1.04. The molecule has 0 unspecified atom stereocenters. The third-order valence-electron chi connectivity index (χ3n) is 6.45. The fraction of sp³-hybridized carbons (Fsp3) is 0.448. The molecule has 0 radical (unpaired) electrons. The van der Waals surface area contributed by atoms with Gasteiger partial charge < -0.3 is 25.4 Å². The van der Waals surface area contributed by atoms with E-state index in [-0.39, 0.29) is 18.2 Å². The van der Waals surface area contributed by atoms with Crippen LogP contribution in [0, 0.1) is 5.92 Å². The highest BCUT2D eigenvalue weighted by molar-refractivity contribution is 5.93. The van der Waals surface area contributed by atoms with E-state index in [4.69, 9.17) is 4.74 Å². The lowest BCUT2D eigenvalue weighted by molar-refractivity contribution is -0.149. The second kappa shape index (κ2) is 13.6. The highest BCUT2D eigenvalue weighted by Crippen LogP contribution is 2.21. The van der Waals surface area contributed by atoms with Crippen LogP contribution >= 0.6 is 0 Å². The van der Waals surface area contributed by atoms with E-state index in [1.54, 1.807) is 0 Å². The molecule has 1 heterocycles. The number of nitrogens with one attached hydrogen (secondary N) is 2. The standard InChI is InChI=1S/C29H37N3O6/c1-19(2)16-25(28(35)32-15-7-10-26(32)29(36)37)31-27(34)24(30-20(3)33)17-21-11-13-23(14-12-21)38-18-22-8-5-4-6-9-22/h4-6,8-9,11-14,19,24-26H,7,10,15-18H2,1-3H3,(H,30,33)(H,31,34)(H,36,37)/t24-,25-,26-/m0/s1. The molecule has 0 saturated carbocycles. The first-order valence-corrected chi connectivity index (χ1v) is 13.0. The van der Waals surface area contributed by atoms with Crippen molar-refractivity contribution in [3.8, 4) is 5.75 Å². The molecule has 9 heteroatoms. The first-order valence-electron chi connectivity index (χ1n) is 13.0. The second-order valence-electron chi connectivity index (χ2n) is 10.1. The van der Waals surface area contributed by atoms with Crippen molar-refractivity contribution in [1.82, 2.24) is 15.5 Å². The lowest BCUT2D eigenvalue weighted by atomic mass is 10.00. The maximum Gasteiger partial charge on any atom is 0.326 e. The van der Waals surface area contributed by atoms with Crippen molar-refractivity contribution in [2.45, 2.75) is 71.2 Å². The normalized spacial score (nSPS) is 16.5. The first-order chi connectivity index (χ1) is 18.1. The largest absolute Gasteiger partial charge is 0.489 e. The molecule has 1 aliphatic rings. The van der Waals surface area contributed by atoms with Gasteiger partial charge in [-0.15, -0.1) is 0 Å². The van der Waals surface area contributed by atoms with Crippen molar-refractivity contribution in [2.75, 3.05) is 6.54 Å². The molecule has 3 rings (SSSR count). The molecular formula is C29H37N3O6. The predicted octanol–water partition coefficient (Wildman–Crippen LogP) is 2.92. The second-order valence-corrected chi connectivity index (χ2v) is 10.1. The van der Waals surface area contributed by atoms with Crippen molar-refractivity contribution in [2.24, 2.45) is 5.92 Å². The van der Waals surface area contributed by atoms with Gasteiger partial charge in [-0.3, -0.25) is 14.4 Å². The van der Waals surface area contributed by atoms with E-state index in [1.807, 2.05) is 68.4 Å². The molecule has 38 heavy (non-hydrogen) atoms. The van der Waals surface area contributed by atoms with Crippen molar-refractivity contribution < 1.29 is 29.0 Å². The molecule has 0 bridgehead atoms. The zero-order valence-corrected chi connectivity index (χ0v) is 22.2. The van der Waals surface area contributed by atoms with Gasteiger partial charge in [0, 0.05) is 19.9 Å². The van der Waals surface area contributed by atoms with Crippen LogP contribution < -0.4 is 15.4 Å². The van der Waals surface area contributed by atoms with Gasteiger partial charge in [0.2, 0.25) is 17.7 Å². The zero-order chi connectivity index (χ0) is 27.7. The van der Waals surface area contributed by atoms with Crippen LogP contribution in [0.15, 0.2) is 54.6 Å². The van der Waals surface area contributed by atoms with E-state index in [0.29, 0.717) is 38.2 Å². The molecule has 1 saturated heterocycles. The lowest BCUT2D eigenvalue weighted by Gasteiger charge is -2.29. The number of hydrogen-bond donors (Lipinski definition) is 3. The summed E-state index contributed by atoms with van der Waals surface area (Å²) in [5.74, 6) is -1.55. The van der Waals surface area contributed by atoms with E-state index >= 15 is 0 Å². The van der Waals surface area contributed by atoms with Gasteiger partial charge in [0.15, 0.2) is 0 Å². The van der Waals surface area contributed by atoms with E-state index in [0.717, 1.165) is 11.1 Å². The maximum absolute atomic E-state index is 13.3. The average Bonchev–Trinajstić information content (AvgIpc) is 3.37. The summed E-state index contributed by atoms with van der Waals surface area (Å²) in [7, 11) is 0. The number of benzene rings is 2. The molecule has 2 aromatic rings. The van der Waals surface area contributed by atoms with Gasteiger partial charge in [-0.1, -0.05) is 56.3 Å². The van der Waals surface area contributed by atoms with Crippen LogP contribution in [-0.2, 0) is 32.2 Å². The Morgan fingerprint density at radius 3 is 2.26 bits per heavy atom. The minimum Gasteiger partial charge on any atom is -0.489 e. The maximum atomic E-state index is 13.3. The molecule has 1 aliphatic heterocycles. The number of hydrogen-bond acceptors (Lipinski definition) is 5. The molecule has 0 aromatic heterocycles. The molecule has 0 spiro atoms. The van der Waals surface area contributed by atoms with Crippen molar-refractivity contribution in [3.05, 3.63) is 65.7 Å². The zero-order valence-electron chi connectivity index (χ0n) is 22.2. The number of carbonyl (C=O) groups is 4. The van der Waals surface area contributed by atoms with Gasteiger partial charge in [-0.05, 0) is 48.4 Å². The van der Waals surface area contributed by atoms with Gasteiger partial charge in [0.05, 0.1) is 0 Å². The highest BCUT2D eigenvalue weighted by Gasteiger charge is 2.38. The summed E-state index contributed by atoms with van der Waals surface area (Å²) in [6.07, 6.45) is 1.57. The molecule has 3 amide bonds. The number of aliphatic carboxylic acids is 1. The summed E-state index contributed by atoms with van der Waals surface area (Å²) in [4.78, 5) is 51.4. The molecule has 1 fully saturated rings. The third-order valence-corrected chi connectivity index (χ3v) is 6.45. The molecule has 3 atom stereocenters. The Morgan fingerprint density at radius 1 is 0.974 bits per heavy atom. The van der Waals surface area contributed by atoms with Crippen LogP contribution in [0.5, 0.6) is 5.75 Å². The summed E-state index contributed by atoms with van der Waals surface area (Å²) in [6.45, 7) is 5.96. The quantitative estimate of drug-likeness (QED) is 0.393. The number of carbonyl (C=O) groups excluding carboxylic acids is 3. The Morgan fingerprint density at radius 2 is 1.66 bits per heavy atom. The summed E-state index contributed by atoms with van der Waals surface area (Å²) < 4.78 is 5.82. The van der Waals surface area contributed by atoms with Gasteiger partial charge in [0.1, 0.15) is 30.5 Å². The molecule has 3 N–H and O–H groups in total. The van der Waals surface area contributed by atoms with E-state index in [2.05, 4.69) is 10.6 Å². The topological polar surface area (TPSA) is 125 Å². The summed E-state index contributed by atoms with van der Waals surface area (Å²) >= 11 is 0. The van der Waals surface area contributed by atoms with Crippen LogP contribution in [0.1, 0.15) is 51.2 Å². The van der Waals surface area contributed by atoms with Crippen LogP contribution in [0.4, 0.5) is 0 Å².